The van der Waals surface area contributed by atoms with Crippen molar-refractivity contribution in [3.63, 3.8) is 0 Å². The van der Waals surface area contributed by atoms with Crippen molar-refractivity contribution in [2.45, 2.75) is 27.2 Å². The highest BCUT2D eigenvalue weighted by atomic mass is 16.6. The van der Waals surface area contributed by atoms with Crippen LogP contribution in [-0.2, 0) is 4.79 Å². The molecule has 0 aromatic heterocycles. The summed E-state index contributed by atoms with van der Waals surface area (Å²) in [6.07, 6.45) is 0.778. The molecule has 3 rings (SSSR count). The van der Waals surface area contributed by atoms with E-state index in [1.807, 2.05) is 20.8 Å². The SMILES string of the molecule is CCCN1C(=O)C(C)(C)COc2ccc(NC(=O)c3ccc([N+](=O)[O-])cc3)cc21. The lowest BCUT2D eigenvalue weighted by Crippen LogP contribution is -2.42. The first kappa shape index (κ1) is 20.3. The van der Waals surface area contributed by atoms with Gasteiger partial charge in [0.1, 0.15) is 12.4 Å². The number of benzene rings is 2. The highest BCUT2D eigenvalue weighted by Gasteiger charge is 2.37. The lowest BCUT2D eigenvalue weighted by atomic mass is 9.93. The third-order valence-corrected chi connectivity index (χ3v) is 4.71. The Hall–Kier alpha value is -3.42. The maximum absolute atomic E-state index is 13.0. The van der Waals surface area contributed by atoms with Crippen molar-refractivity contribution >= 4 is 28.9 Å². The van der Waals surface area contributed by atoms with Crippen molar-refractivity contribution in [1.29, 1.82) is 0 Å². The molecule has 2 amide bonds. The fraction of sp³-hybridized carbons (Fsp3) is 0.333. The van der Waals surface area contributed by atoms with Gasteiger partial charge in [-0.1, -0.05) is 6.92 Å². The summed E-state index contributed by atoms with van der Waals surface area (Å²) >= 11 is 0. The smallest absolute Gasteiger partial charge is 0.269 e. The van der Waals surface area contributed by atoms with Gasteiger partial charge in [-0.2, -0.15) is 0 Å². The fourth-order valence-electron chi connectivity index (χ4n) is 3.11. The minimum absolute atomic E-state index is 0.0306. The van der Waals surface area contributed by atoms with Gasteiger partial charge in [-0.15, -0.1) is 0 Å². The number of rotatable bonds is 5. The second-order valence-electron chi connectivity index (χ2n) is 7.57. The van der Waals surface area contributed by atoms with Gasteiger partial charge in [0.25, 0.3) is 11.6 Å². The van der Waals surface area contributed by atoms with Crippen LogP contribution in [0.1, 0.15) is 37.6 Å². The zero-order valence-electron chi connectivity index (χ0n) is 16.6. The van der Waals surface area contributed by atoms with E-state index in [1.165, 1.54) is 24.3 Å². The van der Waals surface area contributed by atoms with E-state index in [-0.39, 0.29) is 18.2 Å². The van der Waals surface area contributed by atoms with Crippen molar-refractivity contribution in [1.82, 2.24) is 0 Å². The summed E-state index contributed by atoms with van der Waals surface area (Å²) < 4.78 is 5.85. The molecule has 8 nitrogen and oxygen atoms in total. The minimum atomic E-state index is -0.656. The molecule has 0 radical (unpaired) electrons. The van der Waals surface area contributed by atoms with E-state index < -0.39 is 16.2 Å². The van der Waals surface area contributed by atoms with Crippen molar-refractivity contribution < 1.29 is 19.2 Å². The molecule has 1 aliphatic heterocycles. The van der Waals surface area contributed by atoms with Gasteiger partial charge >= 0.3 is 0 Å². The number of hydrogen-bond donors (Lipinski definition) is 1. The van der Waals surface area contributed by atoms with Crippen LogP contribution < -0.4 is 15.0 Å². The zero-order valence-corrected chi connectivity index (χ0v) is 16.6. The second-order valence-corrected chi connectivity index (χ2v) is 7.57. The van der Waals surface area contributed by atoms with Crippen molar-refractivity contribution in [2.24, 2.45) is 5.41 Å². The molecular weight excluding hydrogens is 374 g/mol. The highest BCUT2D eigenvalue weighted by Crippen LogP contribution is 2.38. The zero-order chi connectivity index (χ0) is 21.2. The first-order valence-corrected chi connectivity index (χ1v) is 9.37. The topological polar surface area (TPSA) is 102 Å². The summed E-state index contributed by atoms with van der Waals surface area (Å²) in [7, 11) is 0. The Balaban J connectivity index is 1.87. The number of hydrogen-bond acceptors (Lipinski definition) is 5. The number of fused-ring (bicyclic) bond motifs is 1. The van der Waals surface area contributed by atoms with Crippen LogP contribution >= 0.6 is 0 Å². The molecular formula is C21H23N3O5. The number of nitrogens with one attached hydrogen (secondary N) is 1. The molecule has 0 spiro atoms. The molecule has 1 heterocycles. The molecule has 2 aromatic carbocycles. The Bertz CT molecular complexity index is 953. The largest absolute Gasteiger partial charge is 0.490 e. The number of ether oxygens (including phenoxy) is 1. The van der Waals surface area contributed by atoms with Gasteiger partial charge in [-0.05, 0) is 50.6 Å². The standard InChI is InChI=1S/C21H23N3O5/c1-4-11-23-17-12-15(7-10-18(17)29-13-21(2,3)20(23)26)22-19(25)14-5-8-16(9-6-14)24(27)28/h5-10,12H,4,11,13H2,1-3H3,(H,22,25). The van der Waals surface area contributed by atoms with Crippen LogP contribution in [0.2, 0.25) is 0 Å². The van der Waals surface area contributed by atoms with E-state index in [0.717, 1.165) is 6.42 Å². The molecule has 0 saturated carbocycles. The van der Waals surface area contributed by atoms with Gasteiger partial charge in [0.05, 0.1) is 16.0 Å². The van der Waals surface area contributed by atoms with Crippen LogP contribution in [-0.4, -0.2) is 29.9 Å². The lowest BCUT2D eigenvalue weighted by molar-refractivity contribution is -0.384. The number of carbonyl (C=O) groups is 2. The number of nitro groups is 1. The maximum Gasteiger partial charge on any atom is 0.269 e. The summed E-state index contributed by atoms with van der Waals surface area (Å²) in [6, 6.07) is 10.5. The molecule has 1 aliphatic rings. The van der Waals surface area contributed by atoms with Gasteiger partial charge in [0.15, 0.2) is 0 Å². The van der Waals surface area contributed by atoms with Gasteiger partial charge in [-0.25, -0.2) is 0 Å². The first-order chi connectivity index (χ1) is 13.7. The Morgan fingerprint density at radius 2 is 1.93 bits per heavy atom. The summed E-state index contributed by atoms with van der Waals surface area (Å²) in [5.74, 6) is 0.158. The van der Waals surface area contributed by atoms with E-state index in [2.05, 4.69) is 5.32 Å². The van der Waals surface area contributed by atoms with E-state index in [0.29, 0.717) is 29.2 Å². The normalized spacial score (nSPS) is 15.1. The van der Waals surface area contributed by atoms with E-state index in [4.69, 9.17) is 4.74 Å². The van der Waals surface area contributed by atoms with E-state index in [1.54, 1.807) is 23.1 Å². The number of nitro benzene ring substituents is 1. The average Bonchev–Trinajstić information content (AvgIpc) is 2.78. The predicted molar refractivity (Wildman–Crippen MR) is 109 cm³/mol. The van der Waals surface area contributed by atoms with Gasteiger partial charge in [0.2, 0.25) is 5.91 Å². The minimum Gasteiger partial charge on any atom is -0.490 e. The summed E-state index contributed by atoms with van der Waals surface area (Å²) in [5, 5.41) is 13.5. The van der Waals surface area contributed by atoms with Gasteiger partial charge in [0, 0.05) is 29.9 Å². The quantitative estimate of drug-likeness (QED) is 0.607. The van der Waals surface area contributed by atoms with Crippen molar-refractivity contribution in [3.8, 4) is 5.75 Å². The third-order valence-electron chi connectivity index (χ3n) is 4.71. The Morgan fingerprint density at radius 1 is 1.24 bits per heavy atom. The molecule has 29 heavy (non-hydrogen) atoms. The molecule has 0 fully saturated rings. The molecule has 0 unspecified atom stereocenters. The summed E-state index contributed by atoms with van der Waals surface area (Å²) in [5.41, 5.74) is 0.675. The van der Waals surface area contributed by atoms with Gasteiger partial charge in [-0.3, -0.25) is 19.7 Å². The molecule has 0 saturated heterocycles. The third kappa shape index (κ3) is 4.21. The van der Waals surface area contributed by atoms with Crippen LogP contribution in [0.5, 0.6) is 5.75 Å². The monoisotopic (exact) mass is 397 g/mol. The summed E-state index contributed by atoms with van der Waals surface area (Å²) in [6.45, 7) is 6.50. The molecule has 1 N–H and O–H groups in total. The number of carbonyl (C=O) groups excluding carboxylic acids is 2. The summed E-state index contributed by atoms with van der Waals surface area (Å²) in [4.78, 5) is 37.4. The van der Waals surface area contributed by atoms with E-state index in [9.17, 15) is 19.7 Å². The van der Waals surface area contributed by atoms with Crippen LogP contribution in [0.3, 0.4) is 0 Å². The Morgan fingerprint density at radius 3 is 2.55 bits per heavy atom. The van der Waals surface area contributed by atoms with E-state index >= 15 is 0 Å². The number of amides is 2. The van der Waals surface area contributed by atoms with Gasteiger partial charge < -0.3 is 15.0 Å². The molecule has 0 aliphatic carbocycles. The number of nitrogens with zero attached hydrogens (tertiary/aromatic N) is 2. The first-order valence-electron chi connectivity index (χ1n) is 9.37. The Labute approximate surface area is 168 Å². The fourth-order valence-corrected chi connectivity index (χ4v) is 3.11. The molecule has 8 heteroatoms. The Kier molecular flexibility index (Phi) is 5.54. The van der Waals surface area contributed by atoms with Crippen LogP contribution in [0.25, 0.3) is 0 Å². The van der Waals surface area contributed by atoms with Crippen LogP contribution in [0, 0.1) is 15.5 Å². The van der Waals surface area contributed by atoms with Crippen LogP contribution in [0.4, 0.5) is 17.1 Å². The number of anilines is 2. The molecule has 152 valence electrons. The van der Waals surface area contributed by atoms with Crippen LogP contribution in [0.15, 0.2) is 42.5 Å². The molecule has 0 atom stereocenters. The molecule has 0 bridgehead atoms. The predicted octanol–water partition coefficient (Wildman–Crippen LogP) is 4.01. The number of non-ortho nitro benzene ring substituents is 1. The van der Waals surface area contributed by atoms with Crippen molar-refractivity contribution in [2.75, 3.05) is 23.4 Å². The second kappa shape index (κ2) is 7.90. The maximum atomic E-state index is 13.0. The lowest BCUT2D eigenvalue weighted by Gasteiger charge is -2.27. The molecule has 2 aromatic rings. The van der Waals surface area contributed by atoms with Crippen molar-refractivity contribution in [3.05, 3.63) is 58.1 Å². The average molecular weight is 397 g/mol. The highest BCUT2D eigenvalue weighted by molar-refractivity contribution is 6.05.